The fourth-order valence-electron chi connectivity index (χ4n) is 0.227. The van der Waals surface area contributed by atoms with Gasteiger partial charge in [-0.25, -0.2) is 0 Å². The van der Waals surface area contributed by atoms with Crippen molar-refractivity contribution in [3.8, 4) is 0 Å². The van der Waals surface area contributed by atoms with Crippen LogP contribution in [0.2, 0.25) is 0 Å². The molecule has 1 heterocycles. The number of halogens is 1. The van der Waals surface area contributed by atoms with E-state index in [9.17, 15) is 0 Å². The van der Waals surface area contributed by atoms with E-state index in [0.29, 0.717) is 0 Å². The number of hydrogen-bond acceptors (Lipinski definition) is 1. The summed E-state index contributed by atoms with van der Waals surface area (Å²) in [7, 11) is 0. The Kier molecular flexibility index (Phi) is 10.9. The van der Waals surface area contributed by atoms with Gasteiger partial charge in [0, 0.05) is 0 Å². The smallest absolute Gasteiger partial charge is 1.00 e. The van der Waals surface area contributed by atoms with Crippen molar-refractivity contribution in [2.75, 3.05) is 0 Å². The Labute approximate surface area is 77.1 Å². The summed E-state index contributed by atoms with van der Waals surface area (Å²) >= 11 is 1.71. The van der Waals surface area contributed by atoms with Crippen molar-refractivity contribution < 1.29 is 31.0 Å². The van der Waals surface area contributed by atoms with Crippen LogP contribution < -0.4 is 29.6 Å². The Morgan fingerprint density at radius 2 is 1.57 bits per heavy atom. The Bertz CT molecular complexity index is 72.5. The van der Waals surface area contributed by atoms with Crippen LogP contribution in [-0.4, -0.2) is 0 Å². The molecule has 1 rings (SSSR count). The number of rotatable bonds is 0. The molecule has 0 saturated heterocycles. The monoisotopic (exact) mass is 144 g/mol. The Morgan fingerprint density at radius 1 is 1.14 bits per heavy atom. The van der Waals surface area contributed by atoms with E-state index in [-0.39, 0.29) is 43.4 Å². The van der Waals surface area contributed by atoms with Crippen LogP contribution in [-0.2, 0) is 0 Å². The van der Waals surface area contributed by atoms with Crippen molar-refractivity contribution >= 4 is 23.7 Å². The van der Waals surface area contributed by atoms with E-state index in [2.05, 4.69) is 0 Å². The Hall–Kier alpha value is 0.990. The molecule has 0 aromatic carbocycles. The third-order valence-electron chi connectivity index (χ3n) is 0.425. The van der Waals surface area contributed by atoms with E-state index >= 15 is 0 Å². The molecule has 0 bridgehead atoms. The predicted molar refractivity (Wildman–Crippen MR) is 32.7 cm³/mol. The first kappa shape index (κ1) is 10.9. The summed E-state index contributed by atoms with van der Waals surface area (Å²) in [6, 6.07) is 4.04. The Morgan fingerprint density at radius 3 is 1.71 bits per heavy atom. The van der Waals surface area contributed by atoms with Crippen molar-refractivity contribution in [1.29, 1.82) is 0 Å². The van der Waals surface area contributed by atoms with Gasteiger partial charge in [0.2, 0.25) is 0 Å². The first-order valence-corrected chi connectivity index (χ1v) is 2.41. The van der Waals surface area contributed by atoms with E-state index in [1.54, 1.807) is 11.3 Å². The summed E-state index contributed by atoms with van der Waals surface area (Å²) in [5.74, 6) is 0. The third kappa shape index (κ3) is 4.85. The van der Waals surface area contributed by atoms with Crippen LogP contribution in [0.4, 0.5) is 0 Å². The molecule has 0 spiro atoms. The largest absolute Gasteiger partial charge is 1.00 e. The average molecular weight is 145 g/mol. The van der Waals surface area contributed by atoms with Crippen LogP contribution in [0.5, 0.6) is 0 Å². The minimum Gasteiger partial charge on any atom is -1.00 e. The second-order valence-electron chi connectivity index (χ2n) is 0.793. The second kappa shape index (κ2) is 6.99. The molecule has 1 aromatic heterocycles. The molecular formula is C4H6ClNaS. The van der Waals surface area contributed by atoms with Crippen LogP contribution in [0.3, 0.4) is 0 Å². The fraction of sp³-hybridized carbons (Fsp3) is 0. The van der Waals surface area contributed by atoms with Crippen LogP contribution in [0.25, 0.3) is 0 Å². The predicted octanol–water partition coefficient (Wildman–Crippen LogP) is -0.714. The summed E-state index contributed by atoms with van der Waals surface area (Å²) in [5.41, 5.74) is 0. The van der Waals surface area contributed by atoms with E-state index in [1.807, 2.05) is 22.9 Å². The van der Waals surface area contributed by atoms with Gasteiger partial charge in [-0.3, -0.25) is 0 Å². The number of thiophene rings is 1. The molecule has 0 amide bonds. The molecule has 36 valence electrons. The molecule has 1 aromatic rings. The maximum Gasteiger partial charge on any atom is 1.00 e. The minimum absolute atomic E-state index is 0. The molecule has 0 nitrogen and oxygen atoms in total. The maximum atomic E-state index is 2.04. The quantitative estimate of drug-likeness (QED) is 0.422. The normalized spacial score (nSPS) is 5.71. The molecule has 0 atom stereocenters. The third-order valence-corrected chi connectivity index (χ3v) is 1.05. The van der Waals surface area contributed by atoms with Crippen LogP contribution in [0.15, 0.2) is 22.9 Å². The number of hydrogen-bond donors (Lipinski definition) is 0. The van der Waals surface area contributed by atoms with Crippen molar-refractivity contribution in [2.45, 2.75) is 0 Å². The van der Waals surface area contributed by atoms with E-state index in [0.717, 1.165) is 0 Å². The van der Waals surface area contributed by atoms with Gasteiger partial charge >= 0.3 is 29.6 Å². The summed E-state index contributed by atoms with van der Waals surface area (Å²) in [6.45, 7) is 0. The van der Waals surface area contributed by atoms with Gasteiger partial charge < -0.3 is 1.43 Å². The zero-order valence-corrected chi connectivity index (χ0v) is 7.76. The van der Waals surface area contributed by atoms with Crippen LogP contribution in [0.1, 0.15) is 1.43 Å². The van der Waals surface area contributed by atoms with Crippen LogP contribution in [0, 0.1) is 0 Å². The van der Waals surface area contributed by atoms with Crippen molar-refractivity contribution in [1.82, 2.24) is 0 Å². The average Bonchev–Trinajstić information content (AvgIpc) is 1.76. The maximum absolute atomic E-state index is 2.04. The van der Waals surface area contributed by atoms with Gasteiger partial charge in [0.25, 0.3) is 0 Å². The first-order chi connectivity index (χ1) is 2.50. The van der Waals surface area contributed by atoms with Gasteiger partial charge in [-0.2, -0.15) is 11.3 Å². The van der Waals surface area contributed by atoms with Gasteiger partial charge in [0.1, 0.15) is 0 Å². The molecule has 0 N–H and O–H groups in total. The van der Waals surface area contributed by atoms with E-state index in [4.69, 9.17) is 0 Å². The Balaban J connectivity index is -0.0000000833. The summed E-state index contributed by atoms with van der Waals surface area (Å²) in [5, 5.41) is 4.08. The zero-order chi connectivity index (χ0) is 3.54. The topological polar surface area (TPSA) is 0 Å². The van der Waals surface area contributed by atoms with Crippen molar-refractivity contribution in [2.24, 2.45) is 0 Å². The van der Waals surface area contributed by atoms with Crippen LogP contribution >= 0.6 is 23.7 Å². The van der Waals surface area contributed by atoms with Gasteiger partial charge in [0.05, 0.1) is 0 Å². The molecule has 0 aliphatic heterocycles. The molecule has 0 aliphatic carbocycles. The molecule has 3 heteroatoms. The standard InChI is InChI=1S/C4H4S.ClH.Na.H/c1-2-4-5-3-1;;;/h1-4H;1H;;/q;;+1;-1. The van der Waals surface area contributed by atoms with Gasteiger partial charge in [-0.05, 0) is 10.8 Å². The molecule has 0 aliphatic rings. The fourth-order valence-corrected chi connectivity index (χ4v) is 0.680. The van der Waals surface area contributed by atoms with Crippen molar-refractivity contribution in [3.05, 3.63) is 22.9 Å². The molecule has 0 unspecified atom stereocenters. The molecular weight excluding hydrogens is 139 g/mol. The van der Waals surface area contributed by atoms with Gasteiger partial charge in [0.15, 0.2) is 0 Å². The van der Waals surface area contributed by atoms with E-state index < -0.39 is 0 Å². The molecule has 0 radical (unpaired) electrons. The summed E-state index contributed by atoms with van der Waals surface area (Å²) in [4.78, 5) is 0. The molecule has 0 fully saturated rings. The second-order valence-corrected chi connectivity index (χ2v) is 1.61. The molecule has 0 saturated carbocycles. The first-order valence-electron chi connectivity index (χ1n) is 1.47. The molecule has 7 heavy (non-hydrogen) atoms. The summed E-state index contributed by atoms with van der Waals surface area (Å²) < 4.78 is 0. The van der Waals surface area contributed by atoms with Gasteiger partial charge in [-0.15, -0.1) is 12.4 Å². The van der Waals surface area contributed by atoms with Gasteiger partial charge in [-0.1, -0.05) is 12.1 Å². The van der Waals surface area contributed by atoms with Crippen molar-refractivity contribution in [3.63, 3.8) is 0 Å². The van der Waals surface area contributed by atoms with E-state index in [1.165, 1.54) is 0 Å². The summed E-state index contributed by atoms with van der Waals surface area (Å²) in [6.07, 6.45) is 0. The minimum atomic E-state index is 0. The SMILES string of the molecule is Cl.[H-].[Na+].c1ccsc1. The zero-order valence-electron chi connectivity index (χ0n) is 5.13.